The fourth-order valence-corrected chi connectivity index (χ4v) is 0.945. The number of nitrogens with zero attached hydrogens (tertiary/aromatic N) is 1. The molecule has 0 saturated carbocycles. The van der Waals surface area contributed by atoms with E-state index < -0.39 is 17.4 Å². The van der Waals surface area contributed by atoms with Crippen LogP contribution in [-0.2, 0) is 9.53 Å². The minimum Gasteiger partial charge on any atom is -0.460 e. The first-order valence-electron chi connectivity index (χ1n) is 4.53. The first kappa shape index (κ1) is 11.4. The normalized spacial score (nSPS) is 11.1. The van der Waals surface area contributed by atoms with Gasteiger partial charge in [0.1, 0.15) is 18.3 Å². The summed E-state index contributed by atoms with van der Waals surface area (Å²) in [5.41, 5.74) is -0.589. The Balaban J connectivity index is 2.50. The number of carbonyl (C=O) groups is 2. The molecular formula is C10H13NO4. The molecule has 0 aliphatic heterocycles. The van der Waals surface area contributed by atoms with Crippen molar-refractivity contribution in [2.45, 2.75) is 32.8 Å². The smallest absolute Gasteiger partial charge is 0.314 e. The molecule has 0 spiro atoms. The zero-order valence-corrected chi connectivity index (χ0v) is 8.94. The highest BCUT2D eigenvalue weighted by atomic mass is 16.6. The van der Waals surface area contributed by atoms with Crippen molar-refractivity contribution in [1.29, 1.82) is 0 Å². The summed E-state index contributed by atoms with van der Waals surface area (Å²) in [4.78, 5) is 26.2. The van der Waals surface area contributed by atoms with Gasteiger partial charge in [0.15, 0.2) is 0 Å². The van der Waals surface area contributed by atoms with Crippen molar-refractivity contribution >= 4 is 11.8 Å². The van der Waals surface area contributed by atoms with Crippen LogP contribution in [0, 0.1) is 0 Å². The van der Waals surface area contributed by atoms with Gasteiger partial charge < -0.3 is 9.15 Å². The fourth-order valence-electron chi connectivity index (χ4n) is 0.945. The number of ketones is 1. The Hall–Kier alpha value is -1.65. The van der Waals surface area contributed by atoms with E-state index in [-0.39, 0.29) is 12.3 Å². The molecule has 5 nitrogen and oxygen atoms in total. The van der Waals surface area contributed by atoms with Crippen molar-refractivity contribution in [2.24, 2.45) is 0 Å². The van der Waals surface area contributed by atoms with Gasteiger partial charge in [-0.15, -0.1) is 0 Å². The number of aromatic nitrogens is 1. The van der Waals surface area contributed by atoms with Crippen LogP contribution in [0.25, 0.3) is 0 Å². The second-order valence-electron chi connectivity index (χ2n) is 4.02. The van der Waals surface area contributed by atoms with E-state index in [0.29, 0.717) is 0 Å². The summed E-state index contributed by atoms with van der Waals surface area (Å²) in [7, 11) is 0. The van der Waals surface area contributed by atoms with Gasteiger partial charge >= 0.3 is 5.97 Å². The second kappa shape index (κ2) is 4.25. The van der Waals surface area contributed by atoms with Crippen molar-refractivity contribution in [3.63, 3.8) is 0 Å². The van der Waals surface area contributed by atoms with E-state index in [1.807, 2.05) is 0 Å². The maximum Gasteiger partial charge on any atom is 0.314 e. The van der Waals surface area contributed by atoms with E-state index >= 15 is 0 Å². The van der Waals surface area contributed by atoms with Gasteiger partial charge in [0.2, 0.25) is 5.78 Å². The minimum atomic E-state index is -0.589. The Morgan fingerprint density at radius 3 is 2.60 bits per heavy atom. The van der Waals surface area contributed by atoms with Gasteiger partial charge in [0.25, 0.3) is 5.89 Å². The van der Waals surface area contributed by atoms with Crippen molar-refractivity contribution in [3.05, 3.63) is 18.4 Å². The second-order valence-corrected chi connectivity index (χ2v) is 4.02. The predicted molar refractivity (Wildman–Crippen MR) is 51.3 cm³/mol. The van der Waals surface area contributed by atoms with Crippen LogP contribution in [-0.4, -0.2) is 22.3 Å². The van der Waals surface area contributed by atoms with Gasteiger partial charge in [-0.05, 0) is 20.8 Å². The number of rotatable bonds is 3. The molecule has 1 aromatic heterocycles. The van der Waals surface area contributed by atoms with E-state index in [4.69, 9.17) is 9.15 Å². The molecule has 0 aliphatic carbocycles. The average Bonchev–Trinajstić information content (AvgIpc) is 2.50. The third-order valence-corrected chi connectivity index (χ3v) is 1.40. The molecule has 0 atom stereocenters. The maximum absolute atomic E-state index is 11.3. The zero-order valence-electron chi connectivity index (χ0n) is 8.94. The lowest BCUT2D eigenvalue weighted by Gasteiger charge is -2.18. The van der Waals surface area contributed by atoms with Crippen LogP contribution >= 0.6 is 0 Å². The topological polar surface area (TPSA) is 69.4 Å². The van der Waals surface area contributed by atoms with E-state index in [1.165, 1.54) is 12.5 Å². The lowest BCUT2D eigenvalue weighted by molar-refractivity contribution is -0.153. The van der Waals surface area contributed by atoms with Crippen molar-refractivity contribution in [2.75, 3.05) is 0 Å². The molecule has 0 fully saturated rings. The fraction of sp³-hybridized carbons (Fsp3) is 0.500. The summed E-state index contributed by atoms with van der Waals surface area (Å²) < 4.78 is 9.74. The molecule has 0 saturated heterocycles. The molecule has 82 valence electrons. The van der Waals surface area contributed by atoms with Crippen molar-refractivity contribution in [3.8, 4) is 0 Å². The SMILES string of the molecule is CC(C)(C)OC(=O)CC(=O)c1ncco1. The van der Waals surface area contributed by atoms with Gasteiger partial charge in [-0.2, -0.15) is 0 Å². The quantitative estimate of drug-likeness (QED) is 0.431. The number of Topliss-reactive ketones (excluding diaryl/α,β-unsaturated/α-hetero) is 1. The van der Waals surface area contributed by atoms with Crippen molar-refractivity contribution < 1.29 is 18.7 Å². The third kappa shape index (κ3) is 3.93. The minimum absolute atomic E-state index is 0.0686. The highest BCUT2D eigenvalue weighted by Crippen LogP contribution is 2.09. The van der Waals surface area contributed by atoms with Crippen LogP contribution in [0.2, 0.25) is 0 Å². The monoisotopic (exact) mass is 211 g/mol. The Labute approximate surface area is 87.4 Å². The molecule has 1 aromatic rings. The van der Waals surface area contributed by atoms with E-state index in [0.717, 1.165) is 0 Å². The van der Waals surface area contributed by atoms with Gasteiger partial charge in [-0.1, -0.05) is 0 Å². The summed E-state index contributed by atoms with van der Waals surface area (Å²) >= 11 is 0. The summed E-state index contributed by atoms with van der Waals surface area (Å²) in [6.07, 6.45) is 2.28. The van der Waals surface area contributed by atoms with Crippen LogP contribution in [0.1, 0.15) is 37.9 Å². The van der Waals surface area contributed by atoms with Crippen LogP contribution in [0.15, 0.2) is 16.9 Å². The standard InChI is InChI=1S/C10H13NO4/c1-10(2,3)15-8(13)6-7(12)9-11-4-5-14-9/h4-5H,6H2,1-3H3. The van der Waals surface area contributed by atoms with E-state index in [2.05, 4.69) is 4.98 Å². The third-order valence-electron chi connectivity index (χ3n) is 1.40. The van der Waals surface area contributed by atoms with Gasteiger partial charge in [-0.25, -0.2) is 4.98 Å². The number of esters is 1. The molecule has 0 bridgehead atoms. The predicted octanol–water partition coefficient (Wildman–Crippen LogP) is 1.59. The Bertz CT molecular complexity index is 348. The van der Waals surface area contributed by atoms with Gasteiger partial charge in [0, 0.05) is 0 Å². The molecule has 15 heavy (non-hydrogen) atoms. The molecule has 0 aromatic carbocycles. The molecule has 0 N–H and O–H groups in total. The van der Waals surface area contributed by atoms with Crippen LogP contribution < -0.4 is 0 Å². The Kier molecular flexibility index (Phi) is 3.24. The lowest BCUT2D eigenvalue weighted by atomic mass is 10.2. The first-order chi connectivity index (χ1) is 6.88. The number of hydrogen-bond donors (Lipinski definition) is 0. The number of carbonyl (C=O) groups excluding carboxylic acids is 2. The molecular weight excluding hydrogens is 198 g/mol. The summed E-state index contributed by atoms with van der Waals surface area (Å²) in [5, 5.41) is 0. The van der Waals surface area contributed by atoms with Crippen LogP contribution in [0.5, 0.6) is 0 Å². The first-order valence-corrected chi connectivity index (χ1v) is 4.53. The van der Waals surface area contributed by atoms with E-state index in [9.17, 15) is 9.59 Å². The Morgan fingerprint density at radius 2 is 2.13 bits per heavy atom. The highest BCUT2D eigenvalue weighted by Gasteiger charge is 2.21. The van der Waals surface area contributed by atoms with Gasteiger partial charge in [0.05, 0.1) is 6.20 Å². The molecule has 0 aliphatic rings. The van der Waals surface area contributed by atoms with Crippen LogP contribution in [0.3, 0.4) is 0 Å². The summed E-state index contributed by atoms with van der Waals surface area (Å²) in [5.74, 6) is -1.12. The maximum atomic E-state index is 11.3. The number of oxazole rings is 1. The molecule has 0 unspecified atom stereocenters. The molecule has 0 amide bonds. The molecule has 5 heteroatoms. The molecule has 0 radical (unpaired) electrons. The summed E-state index contributed by atoms with van der Waals surface area (Å²) in [6.45, 7) is 5.21. The average molecular weight is 211 g/mol. The van der Waals surface area contributed by atoms with E-state index in [1.54, 1.807) is 20.8 Å². The number of ether oxygens (including phenoxy) is 1. The summed E-state index contributed by atoms with van der Waals surface area (Å²) in [6, 6.07) is 0. The highest BCUT2D eigenvalue weighted by molar-refractivity contribution is 6.03. The Morgan fingerprint density at radius 1 is 1.47 bits per heavy atom. The largest absolute Gasteiger partial charge is 0.460 e. The van der Waals surface area contributed by atoms with Crippen molar-refractivity contribution in [1.82, 2.24) is 4.98 Å². The molecule has 1 heterocycles. The zero-order chi connectivity index (χ0) is 11.5. The van der Waals surface area contributed by atoms with Crippen LogP contribution in [0.4, 0.5) is 0 Å². The molecule has 1 rings (SSSR count). The number of hydrogen-bond acceptors (Lipinski definition) is 5. The van der Waals surface area contributed by atoms with Gasteiger partial charge in [-0.3, -0.25) is 9.59 Å². The lowest BCUT2D eigenvalue weighted by Crippen LogP contribution is -2.25.